The fraction of sp³-hybridized carbons (Fsp3) is 0.208. The van der Waals surface area contributed by atoms with E-state index in [1.54, 1.807) is 10.8 Å². The van der Waals surface area contributed by atoms with Crippen molar-refractivity contribution in [1.29, 1.82) is 0 Å². The van der Waals surface area contributed by atoms with E-state index in [-0.39, 0.29) is 5.97 Å². The van der Waals surface area contributed by atoms with E-state index < -0.39 is 24.3 Å². The van der Waals surface area contributed by atoms with Crippen molar-refractivity contribution >= 4 is 50.7 Å². The Morgan fingerprint density at radius 1 is 1.02 bits per heavy atom. The van der Waals surface area contributed by atoms with Gasteiger partial charge in [0.05, 0.1) is 12.6 Å². The molecule has 0 saturated carbocycles. The number of halogens is 7. The van der Waals surface area contributed by atoms with E-state index in [2.05, 4.69) is 36.2 Å². The molecule has 1 aromatic carbocycles. The minimum Gasteiger partial charge on any atom is -0.475 e. The molecular weight excluding hydrogens is 648 g/mol. The van der Waals surface area contributed by atoms with Gasteiger partial charge in [0.15, 0.2) is 5.65 Å². The van der Waals surface area contributed by atoms with Gasteiger partial charge in [0, 0.05) is 41.7 Å². The number of carboxylic acid groups (broad SMARTS) is 2. The number of anilines is 1. The largest absolute Gasteiger partial charge is 0.490 e. The summed E-state index contributed by atoms with van der Waals surface area (Å²) in [6, 6.07) is 11.8. The number of methoxy groups -OCH3 is 1. The average Bonchev–Trinajstić information content (AvgIpc) is 3.49. The van der Waals surface area contributed by atoms with Crippen LogP contribution in [0.4, 0.5) is 32.0 Å². The van der Waals surface area contributed by atoms with Gasteiger partial charge in [0.1, 0.15) is 11.5 Å². The van der Waals surface area contributed by atoms with Crippen molar-refractivity contribution in [1.82, 2.24) is 19.5 Å². The van der Waals surface area contributed by atoms with Crippen molar-refractivity contribution in [2.24, 2.45) is 7.05 Å². The van der Waals surface area contributed by atoms with E-state index in [1.165, 1.54) is 7.11 Å². The summed E-state index contributed by atoms with van der Waals surface area (Å²) >= 11 is 3.42. The van der Waals surface area contributed by atoms with Gasteiger partial charge in [-0.2, -0.15) is 26.3 Å². The van der Waals surface area contributed by atoms with Gasteiger partial charge >= 0.3 is 30.3 Å². The zero-order chi connectivity index (χ0) is 31.8. The van der Waals surface area contributed by atoms with Gasteiger partial charge in [-0.3, -0.25) is 0 Å². The van der Waals surface area contributed by atoms with Crippen LogP contribution in [-0.4, -0.2) is 67.1 Å². The Morgan fingerprint density at radius 2 is 1.57 bits per heavy atom. The third kappa shape index (κ3) is 9.79. The second kappa shape index (κ2) is 13.8. The van der Waals surface area contributed by atoms with Crippen molar-refractivity contribution in [2.45, 2.75) is 18.9 Å². The Labute approximate surface area is 240 Å². The number of carbonyl (C=O) groups excluding carboxylic acids is 1. The predicted octanol–water partition coefficient (Wildman–Crippen LogP) is 5.39. The van der Waals surface area contributed by atoms with E-state index in [0.717, 1.165) is 32.6 Å². The fourth-order valence-electron chi connectivity index (χ4n) is 3.00. The summed E-state index contributed by atoms with van der Waals surface area (Å²) in [7, 11) is 3.21. The van der Waals surface area contributed by atoms with Crippen molar-refractivity contribution in [3.8, 4) is 11.4 Å². The number of alkyl halides is 6. The lowest BCUT2D eigenvalue weighted by Crippen LogP contribution is -2.21. The Kier molecular flexibility index (Phi) is 11.1. The molecule has 0 bridgehead atoms. The molecule has 0 fully saturated rings. The first-order chi connectivity index (χ1) is 19.4. The Morgan fingerprint density at radius 3 is 2.07 bits per heavy atom. The van der Waals surface area contributed by atoms with Gasteiger partial charge in [-0.1, -0.05) is 0 Å². The molecule has 3 aromatic heterocycles. The number of H-pyrrole nitrogens is 1. The summed E-state index contributed by atoms with van der Waals surface area (Å²) in [6.07, 6.45) is -6.53. The molecule has 0 saturated heterocycles. The van der Waals surface area contributed by atoms with Crippen LogP contribution in [0.3, 0.4) is 0 Å². The molecule has 0 aliphatic heterocycles. The molecule has 0 aliphatic rings. The monoisotopic (exact) mass is 667 g/mol. The molecule has 0 spiro atoms. The number of aryl methyl sites for hydroxylation is 1. The van der Waals surface area contributed by atoms with E-state index in [9.17, 15) is 31.1 Å². The normalized spacial score (nSPS) is 11.1. The highest BCUT2D eigenvalue weighted by Crippen LogP contribution is 2.23. The Bertz CT molecular complexity index is 1530. The quantitative estimate of drug-likeness (QED) is 0.162. The lowest BCUT2D eigenvalue weighted by molar-refractivity contribution is -0.193. The lowest BCUT2D eigenvalue weighted by Gasteiger charge is -2.05. The van der Waals surface area contributed by atoms with E-state index in [4.69, 9.17) is 24.5 Å². The summed E-state index contributed by atoms with van der Waals surface area (Å²) < 4.78 is 70.9. The minimum atomic E-state index is -5.08. The Balaban J connectivity index is 0.000000367. The van der Waals surface area contributed by atoms with Crippen molar-refractivity contribution < 1.29 is 55.7 Å². The number of carboxylic acids is 2. The average molecular weight is 668 g/mol. The number of hydrogen-bond acceptors (Lipinski definition) is 7. The van der Waals surface area contributed by atoms with Gasteiger partial charge in [-0.15, -0.1) is 0 Å². The van der Waals surface area contributed by atoms with Crippen LogP contribution in [0.15, 0.2) is 53.3 Å². The van der Waals surface area contributed by atoms with E-state index in [1.807, 2.05) is 49.6 Å². The van der Waals surface area contributed by atoms with Crippen LogP contribution in [0.1, 0.15) is 16.1 Å². The van der Waals surface area contributed by atoms with Crippen LogP contribution in [0.2, 0.25) is 0 Å². The van der Waals surface area contributed by atoms with Crippen LogP contribution < -0.4 is 5.32 Å². The summed E-state index contributed by atoms with van der Waals surface area (Å²) in [5.41, 5.74) is 5.06. The number of esters is 1. The van der Waals surface area contributed by atoms with E-state index >= 15 is 0 Å². The number of carbonyl (C=O) groups is 3. The van der Waals surface area contributed by atoms with Gasteiger partial charge in [-0.05, 0) is 57.9 Å². The van der Waals surface area contributed by atoms with Crippen molar-refractivity contribution in [3.05, 3.63) is 64.5 Å². The molecule has 4 N–H and O–H groups in total. The smallest absolute Gasteiger partial charge is 0.475 e. The van der Waals surface area contributed by atoms with Crippen LogP contribution >= 0.6 is 15.9 Å². The number of ether oxygens (including phenoxy) is 1. The molecule has 0 amide bonds. The van der Waals surface area contributed by atoms with Crippen molar-refractivity contribution in [3.63, 3.8) is 0 Å². The molecule has 11 nitrogen and oxygen atoms in total. The molecule has 42 heavy (non-hydrogen) atoms. The molecule has 0 unspecified atom stereocenters. The number of pyridine rings is 1. The summed E-state index contributed by atoms with van der Waals surface area (Å²) in [5.74, 6) is -5.08. The first-order valence-corrected chi connectivity index (χ1v) is 11.9. The lowest BCUT2D eigenvalue weighted by atomic mass is 10.2. The van der Waals surface area contributed by atoms with Gasteiger partial charge in [0.2, 0.25) is 0 Å². The third-order valence-electron chi connectivity index (χ3n) is 4.90. The molecule has 4 aromatic rings. The summed E-state index contributed by atoms with van der Waals surface area (Å²) in [6.45, 7) is 0.604. The van der Waals surface area contributed by atoms with Gasteiger partial charge in [-0.25, -0.2) is 24.4 Å². The molecule has 3 heterocycles. The number of hydrogen-bond donors (Lipinski definition) is 4. The molecule has 226 valence electrons. The standard InChI is InChI=1S/C20H18BrN5O2.2C2HF3O2/c1-26-11-12(7-17(26)20(27)28-2)9-22-15-5-3-13(4-6-15)18-24-16-8-14(21)10-23-19(16)25-18;2*3-2(4,5)1(6)7/h3-8,10-11,22H,9H2,1-2H3,(H,23,24,25);2*(H,6,7). The second-order valence-corrected chi connectivity index (χ2v) is 8.90. The van der Waals surface area contributed by atoms with Crippen LogP contribution in [0.5, 0.6) is 0 Å². The minimum absolute atomic E-state index is 0.342. The number of aromatic nitrogens is 4. The number of nitrogens with one attached hydrogen (secondary N) is 2. The number of benzene rings is 1. The second-order valence-electron chi connectivity index (χ2n) is 7.98. The predicted molar refractivity (Wildman–Crippen MR) is 138 cm³/mol. The maximum atomic E-state index is 11.7. The van der Waals surface area contributed by atoms with Crippen LogP contribution in [0, 0.1) is 0 Å². The molecule has 4 rings (SSSR count). The number of nitrogens with zero attached hydrogens (tertiary/aromatic N) is 3. The summed E-state index contributed by atoms with van der Waals surface area (Å²) in [5, 5.41) is 17.6. The van der Waals surface area contributed by atoms with Crippen LogP contribution in [0.25, 0.3) is 22.6 Å². The SMILES string of the molecule is COC(=O)c1cc(CNc2ccc(-c3nc4ncc(Br)cc4[nH]3)cc2)cn1C.O=C(O)C(F)(F)F.O=C(O)C(F)(F)F. The first-order valence-electron chi connectivity index (χ1n) is 11.1. The molecule has 0 radical (unpaired) electrons. The van der Waals surface area contributed by atoms with Crippen LogP contribution in [-0.2, 0) is 27.9 Å². The maximum absolute atomic E-state index is 11.7. The number of fused-ring (bicyclic) bond motifs is 1. The highest BCUT2D eigenvalue weighted by Gasteiger charge is 2.38. The fourth-order valence-corrected chi connectivity index (χ4v) is 3.33. The molecule has 0 atom stereocenters. The molecular formula is C24H20BrF6N5O6. The van der Waals surface area contributed by atoms with Gasteiger partial charge in [0.25, 0.3) is 0 Å². The Hall–Kier alpha value is -4.61. The number of aromatic amines is 1. The number of aliphatic carboxylic acids is 2. The van der Waals surface area contributed by atoms with Crippen molar-refractivity contribution in [2.75, 3.05) is 12.4 Å². The van der Waals surface area contributed by atoms with Gasteiger partial charge < -0.3 is 29.8 Å². The third-order valence-corrected chi connectivity index (χ3v) is 5.33. The highest BCUT2D eigenvalue weighted by atomic mass is 79.9. The molecule has 0 aliphatic carbocycles. The summed E-state index contributed by atoms with van der Waals surface area (Å²) in [4.78, 5) is 41.6. The number of imidazole rings is 1. The number of rotatable bonds is 5. The molecule has 18 heteroatoms. The van der Waals surface area contributed by atoms with E-state index in [0.29, 0.717) is 17.9 Å². The zero-order valence-corrected chi connectivity index (χ0v) is 22.9. The highest BCUT2D eigenvalue weighted by molar-refractivity contribution is 9.10. The maximum Gasteiger partial charge on any atom is 0.490 e. The topological polar surface area (TPSA) is 159 Å². The zero-order valence-electron chi connectivity index (χ0n) is 21.3. The first kappa shape index (κ1) is 33.6.